The largest absolute Gasteiger partial charge is 0.573 e. The minimum Gasteiger partial charge on any atom is -0.492 e. The maximum atomic E-state index is 12.3. The van der Waals surface area contributed by atoms with Crippen LogP contribution in [0.2, 0.25) is 0 Å². The summed E-state index contributed by atoms with van der Waals surface area (Å²) in [6.45, 7) is 4.38. The van der Waals surface area contributed by atoms with Gasteiger partial charge in [0.2, 0.25) is 0 Å². The van der Waals surface area contributed by atoms with Crippen LogP contribution in [0.4, 0.5) is 13.2 Å². The molecule has 0 spiro atoms. The smallest absolute Gasteiger partial charge is 0.492 e. The Morgan fingerprint density at radius 3 is 2.52 bits per heavy atom. The van der Waals surface area contributed by atoms with Gasteiger partial charge in [-0.05, 0) is 48.2 Å². The van der Waals surface area contributed by atoms with E-state index in [0.717, 1.165) is 27.8 Å². The van der Waals surface area contributed by atoms with Gasteiger partial charge in [-0.1, -0.05) is 19.1 Å². The zero-order valence-corrected chi connectivity index (χ0v) is 14.0. The number of aryl methyl sites for hydroxylation is 1. The van der Waals surface area contributed by atoms with Crippen LogP contribution in [0, 0.1) is 6.92 Å². The number of fused-ring (bicyclic) bond motifs is 1. The minimum absolute atomic E-state index is 0.261. The van der Waals surface area contributed by atoms with Crippen LogP contribution in [0.5, 0.6) is 11.5 Å². The number of ether oxygens (including phenoxy) is 2. The van der Waals surface area contributed by atoms with Crippen LogP contribution in [0.1, 0.15) is 36.1 Å². The molecule has 6 heteroatoms. The van der Waals surface area contributed by atoms with E-state index >= 15 is 0 Å². The molecule has 0 aromatic heterocycles. The Morgan fingerprint density at radius 1 is 1.24 bits per heavy atom. The van der Waals surface area contributed by atoms with E-state index in [4.69, 9.17) is 4.74 Å². The Labute approximate surface area is 144 Å². The first-order chi connectivity index (χ1) is 11.8. The van der Waals surface area contributed by atoms with Gasteiger partial charge in [-0.25, -0.2) is 0 Å². The van der Waals surface area contributed by atoms with Crippen LogP contribution in [-0.4, -0.2) is 18.1 Å². The summed E-state index contributed by atoms with van der Waals surface area (Å²) in [4.78, 5) is 0. The maximum Gasteiger partial charge on any atom is 0.573 e. The van der Waals surface area contributed by atoms with Gasteiger partial charge in [-0.2, -0.15) is 0 Å². The molecule has 0 bridgehead atoms. The van der Waals surface area contributed by atoms with Crippen molar-refractivity contribution < 1.29 is 27.8 Å². The van der Waals surface area contributed by atoms with Crippen molar-refractivity contribution in [3.05, 3.63) is 47.0 Å². The lowest BCUT2D eigenvalue weighted by molar-refractivity contribution is -0.274. The first kappa shape index (κ1) is 17.6. The van der Waals surface area contributed by atoms with Crippen molar-refractivity contribution in [1.29, 1.82) is 0 Å². The third-order valence-corrected chi connectivity index (χ3v) is 4.35. The van der Waals surface area contributed by atoms with Crippen molar-refractivity contribution in [2.75, 3.05) is 6.61 Å². The SMILES string of the molecule is CC[C@@H](O)c1c(C)cc(-c2ccc(OC(F)(F)F)cc2)c2c1CCO2. The van der Waals surface area contributed by atoms with Gasteiger partial charge in [0.1, 0.15) is 11.5 Å². The maximum absolute atomic E-state index is 12.3. The van der Waals surface area contributed by atoms with Crippen LogP contribution in [-0.2, 0) is 6.42 Å². The molecule has 0 saturated carbocycles. The van der Waals surface area contributed by atoms with Crippen molar-refractivity contribution in [2.24, 2.45) is 0 Å². The average Bonchev–Trinajstić information content (AvgIpc) is 3.02. The zero-order valence-electron chi connectivity index (χ0n) is 14.0. The van der Waals surface area contributed by atoms with Crippen molar-refractivity contribution in [2.45, 2.75) is 39.2 Å². The van der Waals surface area contributed by atoms with E-state index in [1.165, 1.54) is 12.1 Å². The van der Waals surface area contributed by atoms with Crippen LogP contribution in [0.3, 0.4) is 0 Å². The fourth-order valence-electron chi connectivity index (χ4n) is 3.27. The Bertz CT molecular complexity index is 767. The number of aliphatic hydroxyl groups excluding tert-OH is 1. The highest BCUT2D eigenvalue weighted by atomic mass is 19.4. The molecule has 0 fully saturated rings. The Morgan fingerprint density at radius 2 is 1.92 bits per heavy atom. The Kier molecular flexibility index (Phi) is 4.64. The van der Waals surface area contributed by atoms with Crippen molar-refractivity contribution in [3.63, 3.8) is 0 Å². The summed E-state index contributed by atoms with van der Waals surface area (Å²) in [7, 11) is 0. The molecule has 0 saturated heterocycles. The molecule has 2 aromatic carbocycles. The van der Waals surface area contributed by atoms with Crippen LogP contribution < -0.4 is 9.47 Å². The van der Waals surface area contributed by atoms with Gasteiger partial charge in [0.25, 0.3) is 0 Å². The normalized spacial score (nSPS) is 14.8. The van der Waals surface area contributed by atoms with E-state index in [1.807, 2.05) is 19.9 Å². The Hall–Kier alpha value is -2.21. The molecule has 25 heavy (non-hydrogen) atoms. The first-order valence-electron chi connectivity index (χ1n) is 8.13. The van der Waals surface area contributed by atoms with Crippen molar-refractivity contribution >= 4 is 0 Å². The van der Waals surface area contributed by atoms with Gasteiger partial charge < -0.3 is 14.6 Å². The molecule has 1 heterocycles. The second-order valence-electron chi connectivity index (χ2n) is 6.06. The van der Waals surface area contributed by atoms with Gasteiger partial charge in [-0.15, -0.1) is 13.2 Å². The lowest BCUT2D eigenvalue weighted by atomic mass is 9.89. The molecular weight excluding hydrogens is 333 g/mol. The number of aliphatic hydroxyl groups is 1. The highest BCUT2D eigenvalue weighted by Crippen LogP contribution is 2.43. The summed E-state index contributed by atoms with van der Waals surface area (Å²) < 4.78 is 46.5. The molecule has 0 aliphatic carbocycles. The van der Waals surface area contributed by atoms with E-state index in [1.54, 1.807) is 12.1 Å². The number of halogens is 3. The molecule has 2 aromatic rings. The average molecular weight is 352 g/mol. The standard InChI is InChI=1S/C19H19F3O3/c1-3-16(23)17-11(2)10-15(18-14(17)8-9-24-18)12-4-6-13(7-5-12)25-19(20,21)22/h4-7,10,16,23H,3,8-9H2,1-2H3/t16-/m1/s1. The van der Waals surface area contributed by atoms with Gasteiger partial charge in [0.15, 0.2) is 0 Å². The van der Waals surface area contributed by atoms with Crippen molar-refractivity contribution in [3.8, 4) is 22.6 Å². The molecule has 1 aliphatic heterocycles. The van der Waals surface area contributed by atoms with Gasteiger partial charge in [0, 0.05) is 17.5 Å². The molecule has 3 nitrogen and oxygen atoms in total. The van der Waals surface area contributed by atoms with Gasteiger partial charge in [-0.3, -0.25) is 0 Å². The summed E-state index contributed by atoms with van der Waals surface area (Å²) in [6, 6.07) is 7.64. The molecule has 134 valence electrons. The molecule has 0 unspecified atom stereocenters. The molecule has 1 atom stereocenters. The van der Waals surface area contributed by atoms with Crippen LogP contribution >= 0.6 is 0 Å². The second-order valence-corrected chi connectivity index (χ2v) is 6.06. The zero-order chi connectivity index (χ0) is 18.2. The topological polar surface area (TPSA) is 38.7 Å². The number of alkyl halides is 3. The molecule has 3 rings (SSSR count). The summed E-state index contributed by atoms with van der Waals surface area (Å²) in [6.07, 6.45) is -3.94. The lowest BCUT2D eigenvalue weighted by Crippen LogP contribution is -2.16. The fraction of sp³-hybridized carbons (Fsp3) is 0.368. The number of hydrogen-bond acceptors (Lipinski definition) is 3. The second kappa shape index (κ2) is 6.59. The summed E-state index contributed by atoms with van der Waals surface area (Å²) >= 11 is 0. The Balaban J connectivity index is 2.01. The third kappa shape index (κ3) is 3.58. The fourth-order valence-corrected chi connectivity index (χ4v) is 3.27. The number of rotatable bonds is 4. The molecule has 0 amide bonds. The molecule has 1 N–H and O–H groups in total. The van der Waals surface area contributed by atoms with Gasteiger partial charge >= 0.3 is 6.36 Å². The highest BCUT2D eigenvalue weighted by molar-refractivity contribution is 5.75. The van der Waals surface area contributed by atoms with Crippen LogP contribution in [0.15, 0.2) is 30.3 Å². The number of benzene rings is 2. The van der Waals surface area contributed by atoms with E-state index in [2.05, 4.69) is 4.74 Å². The van der Waals surface area contributed by atoms with E-state index in [0.29, 0.717) is 25.2 Å². The predicted molar refractivity (Wildman–Crippen MR) is 87.7 cm³/mol. The quantitative estimate of drug-likeness (QED) is 0.847. The summed E-state index contributed by atoms with van der Waals surface area (Å²) in [5, 5.41) is 10.3. The molecule has 0 radical (unpaired) electrons. The minimum atomic E-state index is -4.71. The van der Waals surface area contributed by atoms with E-state index in [9.17, 15) is 18.3 Å². The summed E-state index contributed by atoms with van der Waals surface area (Å²) in [5.41, 5.74) is 4.39. The summed E-state index contributed by atoms with van der Waals surface area (Å²) in [5.74, 6) is 0.446. The molecular formula is C19H19F3O3. The third-order valence-electron chi connectivity index (χ3n) is 4.35. The monoisotopic (exact) mass is 352 g/mol. The lowest BCUT2D eigenvalue weighted by Gasteiger charge is -2.19. The number of hydrogen-bond donors (Lipinski definition) is 1. The van der Waals surface area contributed by atoms with Crippen LogP contribution in [0.25, 0.3) is 11.1 Å². The predicted octanol–water partition coefficient (Wildman–Crippen LogP) is 4.94. The molecule has 1 aliphatic rings. The van der Waals surface area contributed by atoms with Crippen molar-refractivity contribution in [1.82, 2.24) is 0 Å². The van der Waals surface area contributed by atoms with E-state index in [-0.39, 0.29) is 5.75 Å². The van der Waals surface area contributed by atoms with Gasteiger partial charge in [0.05, 0.1) is 12.7 Å². The van der Waals surface area contributed by atoms with E-state index < -0.39 is 12.5 Å². The first-order valence-corrected chi connectivity index (χ1v) is 8.13. The highest BCUT2D eigenvalue weighted by Gasteiger charge is 2.31.